The Hall–Kier alpha value is -2.49. The fourth-order valence-corrected chi connectivity index (χ4v) is 3.34. The Bertz CT molecular complexity index is 954. The number of amides is 1. The lowest BCUT2D eigenvalue weighted by Crippen LogP contribution is -2.11. The molecule has 0 unspecified atom stereocenters. The van der Waals surface area contributed by atoms with E-state index in [0.717, 1.165) is 6.42 Å². The summed E-state index contributed by atoms with van der Waals surface area (Å²) >= 11 is 12.0. The van der Waals surface area contributed by atoms with Gasteiger partial charge in [-0.05, 0) is 73.0 Å². The first-order valence-electron chi connectivity index (χ1n) is 9.68. The highest BCUT2D eigenvalue weighted by Gasteiger charge is 2.08. The van der Waals surface area contributed by atoms with Crippen molar-refractivity contribution in [2.24, 2.45) is 0 Å². The molecule has 0 saturated carbocycles. The highest BCUT2D eigenvalue weighted by Crippen LogP contribution is 2.32. The average Bonchev–Trinajstić information content (AvgIpc) is 2.72. The summed E-state index contributed by atoms with van der Waals surface area (Å²) in [4.78, 5) is 12.5. The third kappa shape index (κ3) is 6.25. The number of benzene rings is 3. The molecule has 3 nitrogen and oxygen atoms in total. The minimum atomic E-state index is -0.139. The van der Waals surface area contributed by atoms with Crippen molar-refractivity contribution in [3.05, 3.63) is 87.9 Å². The fourth-order valence-electron chi connectivity index (χ4n) is 2.90. The molecule has 5 heteroatoms. The molecule has 0 aliphatic carbocycles. The number of aryl methyl sites for hydroxylation is 1. The second-order valence-electron chi connectivity index (χ2n) is 6.81. The van der Waals surface area contributed by atoms with Gasteiger partial charge in [-0.1, -0.05) is 55.1 Å². The maximum atomic E-state index is 12.5. The molecule has 0 fully saturated rings. The van der Waals surface area contributed by atoms with Gasteiger partial charge in [0.2, 0.25) is 0 Å². The minimum absolute atomic E-state index is 0.139. The summed E-state index contributed by atoms with van der Waals surface area (Å²) in [5.74, 6) is 0.995. The van der Waals surface area contributed by atoms with E-state index in [1.165, 1.54) is 24.8 Å². The Balaban J connectivity index is 1.58. The third-order valence-corrected chi connectivity index (χ3v) is 5.05. The van der Waals surface area contributed by atoms with Crippen LogP contribution in [0.2, 0.25) is 10.0 Å². The molecule has 0 aliphatic heterocycles. The first-order valence-corrected chi connectivity index (χ1v) is 10.4. The standard InChI is InChI=1S/C24H23Cl2NO2/c1-2-3-4-5-17-6-8-18(9-7-17)24(28)27-20-11-13-21(14-12-20)29-23-15-10-19(25)16-22(23)26/h6-16H,2-5H2,1H3,(H,27,28). The lowest BCUT2D eigenvalue weighted by molar-refractivity contribution is 0.102. The molecule has 3 rings (SSSR count). The molecule has 3 aromatic rings. The van der Waals surface area contributed by atoms with Crippen molar-refractivity contribution in [3.63, 3.8) is 0 Å². The van der Waals surface area contributed by atoms with Crippen LogP contribution in [0, 0.1) is 0 Å². The number of rotatable bonds is 8. The van der Waals surface area contributed by atoms with E-state index in [9.17, 15) is 4.79 Å². The van der Waals surface area contributed by atoms with Crippen LogP contribution in [0.1, 0.15) is 42.1 Å². The number of anilines is 1. The lowest BCUT2D eigenvalue weighted by atomic mass is 10.1. The molecule has 0 radical (unpaired) electrons. The van der Waals surface area contributed by atoms with Crippen LogP contribution < -0.4 is 10.1 Å². The maximum Gasteiger partial charge on any atom is 0.255 e. The van der Waals surface area contributed by atoms with Crippen molar-refractivity contribution in [1.29, 1.82) is 0 Å². The summed E-state index contributed by atoms with van der Waals surface area (Å²) in [5, 5.41) is 3.89. The Morgan fingerprint density at radius 1 is 0.931 bits per heavy atom. The fraction of sp³-hybridized carbons (Fsp3) is 0.208. The Kier molecular flexibility index (Phi) is 7.56. The van der Waals surface area contributed by atoms with Gasteiger partial charge in [0.1, 0.15) is 11.5 Å². The molecule has 0 heterocycles. The van der Waals surface area contributed by atoms with Crippen LogP contribution in [0.3, 0.4) is 0 Å². The van der Waals surface area contributed by atoms with Gasteiger partial charge in [0.15, 0.2) is 0 Å². The van der Waals surface area contributed by atoms with E-state index in [4.69, 9.17) is 27.9 Å². The summed E-state index contributed by atoms with van der Waals surface area (Å²) in [7, 11) is 0. The summed E-state index contributed by atoms with van der Waals surface area (Å²) in [6.07, 6.45) is 4.66. The number of ether oxygens (including phenoxy) is 1. The van der Waals surface area contributed by atoms with Gasteiger partial charge in [0.25, 0.3) is 5.91 Å². The number of carbonyl (C=O) groups excluding carboxylic acids is 1. The highest BCUT2D eigenvalue weighted by atomic mass is 35.5. The van der Waals surface area contributed by atoms with E-state index in [1.807, 2.05) is 24.3 Å². The molecule has 0 aromatic heterocycles. The zero-order valence-corrected chi connectivity index (χ0v) is 17.8. The Morgan fingerprint density at radius 3 is 2.31 bits per heavy atom. The largest absolute Gasteiger partial charge is 0.456 e. The van der Waals surface area contributed by atoms with E-state index in [2.05, 4.69) is 12.2 Å². The van der Waals surface area contributed by atoms with E-state index in [1.54, 1.807) is 42.5 Å². The van der Waals surface area contributed by atoms with E-state index >= 15 is 0 Å². The second kappa shape index (κ2) is 10.3. The van der Waals surface area contributed by atoms with Gasteiger partial charge in [-0.15, -0.1) is 0 Å². The molecule has 0 spiro atoms. The monoisotopic (exact) mass is 427 g/mol. The summed E-state index contributed by atoms with van der Waals surface area (Å²) in [6.45, 7) is 2.19. The van der Waals surface area contributed by atoms with Crippen LogP contribution in [0.5, 0.6) is 11.5 Å². The number of hydrogen-bond donors (Lipinski definition) is 1. The van der Waals surface area contributed by atoms with Gasteiger partial charge < -0.3 is 10.1 Å². The minimum Gasteiger partial charge on any atom is -0.456 e. The molecule has 1 amide bonds. The maximum absolute atomic E-state index is 12.5. The Labute approximate surface area is 181 Å². The average molecular weight is 428 g/mol. The molecule has 0 bridgehead atoms. The van der Waals surface area contributed by atoms with Gasteiger partial charge in [0.05, 0.1) is 5.02 Å². The first-order chi connectivity index (χ1) is 14.0. The molecule has 1 N–H and O–H groups in total. The summed E-state index contributed by atoms with van der Waals surface area (Å²) in [5.41, 5.74) is 2.59. The molecule has 150 valence electrons. The van der Waals surface area contributed by atoms with Crippen LogP contribution >= 0.6 is 23.2 Å². The summed E-state index contributed by atoms with van der Waals surface area (Å²) in [6, 6.07) is 20.0. The number of nitrogens with one attached hydrogen (secondary N) is 1. The predicted octanol–water partition coefficient (Wildman–Crippen LogP) is 7.77. The van der Waals surface area contributed by atoms with Crippen LogP contribution in [0.25, 0.3) is 0 Å². The second-order valence-corrected chi connectivity index (χ2v) is 7.65. The van der Waals surface area contributed by atoms with Crippen LogP contribution in [0.4, 0.5) is 5.69 Å². The van der Waals surface area contributed by atoms with Gasteiger partial charge in [0, 0.05) is 16.3 Å². The quantitative estimate of drug-likeness (QED) is 0.372. The van der Waals surface area contributed by atoms with Crippen LogP contribution in [0.15, 0.2) is 66.7 Å². The number of carbonyl (C=O) groups is 1. The van der Waals surface area contributed by atoms with E-state index in [-0.39, 0.29) is 5.91 Å². The first kappa shape index (κ1) is 21.2. The molecular formula is C24H23Cl2NO2. The molecule has 0 saturated heterocycles. The molecule has 29 heavy (non-hydrogen) atoms. The van der Waals surface area contributed by atoms with Gasteiger partial charge in [-0.2, -0.15) is 0 Å². The molecular weight excluding hydrogens is 405 g/mol. The zero-order chi connectivity index (χ0) is 20.6. The SMILES string of the molecule is CCCCCc1ccc(C(=O)Nc2ccc(Oc3ccc(Cl)cc3Cl)cc2)cc1. The van der Waals surface area contributed by atoms with Crippen molar-refractivity contribution in [2.75, 3.05) is 5.32 Å². The Morgan fingerprint density at radius 2 is 1.66 bits per heavy atom. The van der Waals surface area contributed by atoms with Gasteiger partial charge in [-0.25, -0.2) is 0 Å². The number of unbranched alkanes of at least 4 members (excludes halogenated alkanes) is 2. The van der Waals surface area contributed by atoms with Crippen molar-refractivity contribution in [2.45, 2.75) is 32.6 Å². The van der Waals surface area contributed by atoms with E-state index < -0.39 is 0 Å². The third-order valence-electron chi connectivity index (χ3n) is 4.52. The van der Waals surface area contributed by atoms with Crippen molar-refractivity contribution in [1.82, 2.24) is 0 Å². The number of hydrogen-bond acceptors (Lipinski definition) is 2. The lowest BCUT2D eigenvalue weighted by Gasteiger charge is -2.10. The zero-order valence-electron chi connectivity index (χ0n) is 16.3. The van der Waals surface area contributed by atoms with Crippen LogP contribution in [-0.4, -0.2) is 5.91 Å². The normalized spacial score (nSPS) is 10.6. The van der Waals surface area contributed by atoms with Gasteiger partial charge in [-0.3, -0.25) is 4.79 Å². The molecule has 0 atom stereocenters. The smallest absolute Gasteiger partial charge is 0.255 e. The van der Waals surface area contributed by atoms with E-state index in [0.29, 0.717) is 32.8 Å². The van der Waals surface area contributed by atoms with Crippen molar-refractivity contribution >= 4 is 34.8 Å². The van der Waals surface area contributed by atoms with Crippen LogP contribution in [-0.2, 0) is 6.42 Å². The van der Waals surface area contributed by atoms with Gasteiger partial charge >= 0.3 is 0 Å². The van der Waals surface area contributed by atoms with Crippen molar-refractivity contribution in [3.8, 4) is 11.5 Å². The van der Waals surface area contributed by atoms with Crippen molar-refractivity contribution < 1.29 is 9.53 Å². The molecule has 0 aliphatic rings. The summed E-state index contributed by atoms with van der Waals surface area (Å²) < 4.78 is 5.76. The topological polar surface area (TPSA) is 38.3 Å². The highest BCUT2D eigenvalue weighted by molar-refractivity contribution is 6.35. The predicted molar refractivity (Wildman–Crippen MR) is 121 cm³/mol. The molecule has 3 aromatic carbocycles. The number of halogens is 2.